The van der Waals surface area contributed by atoms with E-state index in [-0.39, 0.29) is 6.10 Å². The SMILES string of the molecule is CCCCc1ccc2c(c1)C(NCC)C(C)O2. The molecule has 2 rings (SSSR count). The van der Waals surface area contributed by atoms with Crippen LogP contribution in [0.4, 0.5) is 0 Å². The van der Waals surface area contributed by atoms with E-state index in [0.717, 1.165) is 12.3 Å². The maximum absolute atomic E-state index is 5.87. The lowest BCUT2D eigenvalue weighted by molar-refractivity contribution is 0.211. The highest BCUT2D eigenvalue weighted by Gasteiger charge is 2.30. The second-order valence-electron chi connectivity index (χ2n) is 4.83. The molecule has 1 heterocycles. The molecule has 0 bridgehead atoms. The van der Waals surface area contributed by atoms with E-state index in [1.165, 1.54) is 30.4 Å². The number of hydrogen-bond acceptors (Lipinski definition) is 2. The highest BCUT2D eigenvalue weighted by molar-refractivity contribution is 5.43. The molecule has 1 aromatic carbocycles. The van der Waals surface area contributed by atoms with E-state index in [2.05, 4.69) is 44.3 Å². The minimum Gasteiger partial charge on any atom is -0.488 e. The molecule has 1 aromatic rings. The molecule has 2 nitrogen and oxygen atoms in total. The zero-order valence-corrected chi connectivity index (χ0v) is 11.1. The van der Waals surface area contributed by atoms with Crippen molar-refractivity contribution in [1.82, 2.24) is 5.32 Å². The third-order valence-corrected chi connectivity index (χ3v) is 3.43. The van der Waals surface area contributed by atoms with Gasteiger partial charge in [0.25, 0.3) is 0 Å². The Hall–Kier alpha value is -1.02. The number of rotatable bonds is 5. The topological polar surface area (TPSA) is 21.3 Å². The van der Waals surface area contributed by atoms with E-state index in [4.69, 9.17) is 4.74 Å². The highest BCUT2D eigenvalue weighted by atomic mass is 16.5. The Morgan fingerprint density at radius 3 is 2.82 bits per heavy atom. The van der Waals surface area contributed by atoms with Gasteiger partial charge >= 0.3 is 0 Å². The van der Waals surface area contributed by atoms with Crippen LogP contribution in [-0.2, 0) is 6.42 Å². The lowest BCUT2D eigenvalue weighted by atomic mass is 9.99. The zero-order valence-electron chi connectivity index (χ0n) is 11.1. The first-order chi connectivity index (χ1) is 8.26. The third-order valence-electron chi connectivity index (χ3n) is 3.43. The van der Waals surface area contributed by atoms with Crippen molar-refractivity contribution in [2.24, 2.45) is 0 Å². The van der Waals surface area contributed by atoms with Crippen LogP contribution in [-0.4, -0.2) is 12.6 Å². The van der Waals surface area contributed by atoms with E-state index >= 15 is 0 Å². The smallest absolute Gasteiger partial charge is 0.124 e. The Labute approximate surface area is 104 Å². The fraction of sp³-hybridized carbons (Fsp3) is 0.600. The minimum atomic E-state index is 0.242. The predicted molar refractivity (Wildman–Crippen MR) is 71.6 cm³/mol. The molecule has 2 heteroatoms. The van der Waals surface area contributed by atoms with Gasteiger partial charge in [0, 0.05) is 5.56 Å². The van der Waals surface area contributed by atoms with Crippen molar-refractivity contribution >= 4 is 0 Å². The Kier molecular flexibility index (Phi) is 4.06. The molecular formula is C15H23NO. The zero-order chi connectivity index (χ0) is 12.3. The average Bonchev–Trinajstić information content (AvgIpc) is 2.64. The van der Waals surface area contributed by atoms with Gasteiger partial charge in [-0.1, -0.05) is 32.4 Å². The van der Waals surface area contributed by atoms with Gasteiger partial charge in [0.2, 0.25) is 0 Å². The molecule has 1 N–H and O–H groups in total. The molecule has 0 saturated heterocycles. The van der Waals surface area contributed by atoms with Gasteiger partial charge < -0.3 is 10.1 Å². The summed E-state index contributed by atoms with van der Waals surface area (Å²) in [5.41, 5.74) is 2.78. The van der Waals surface area contributed by atoms with Crippen LogP contribution in [0.5, 0.6) is 5.75 Å². The minimum absolute atomic E-state index is 0.242. The summed E-state index contributed by atoms with van der Waals surface area (Å²) < 4.78 is 5.87. The van der Waals surface area contributed by atoms with E-state index in [1.54, 1.807) is 0 Å². The van der Waals surface area contributed by atoms with Crippen LogP contribution in [0.1, 0.15) is 50.8 Å². The van der Waals surface area contributed by atoms with Crippen molar-refractivity contribution in [1.29, 1.82) is 0 Å². The maximum Gasteiger partial charge on any atom is 0.124 e. The summed E-state index contributed by atoms with van der Waals surface area (Å²) in [5.74, 6) is 1.06. The number of fused-ring (bicyclic) bond motifs is 1. The predicted octanol–water partition coefficient (Wildman–Crippen LogP) is 3.46. The summed E-state index contributed by atoms with van der Waals surface area (Å²) in [5, 5.41) is 3.51. The Bertz CT molecular complexity index is 375. The summed E-state index contributed by atoms with van der Waals surface area (Å²) in [6.07, 6.45) is 3.94. The Morgan fingerprint density at radius 1 is 1.29 bits per heavy atom. The van der Waals surface area contributed by atoms with Crippen LogP contribution in [0.3, 0.4) is 0 Å². The van der Waals surface area contributed by atoms with Crippen molar-refractivity contribution in [3.63, 3.8) is 0 Å². The summed E-state index contributed by atoms with van der Waals surface area (Å²) in [4.78, 5) is 0. The van der Waals surface area contributed by atoms with Crippen LogP contribution >= 0.6 is 0 Å². The van der Waals surface area contributed by atoms with Crippen LogP contribution in [0.15, 0.2) is 18.2 Å². The number of benzene rings is 1. The molecule has 0 aliphatic carbocycles. The molecule has 1 aliphatic heterocycles. The summed E-state index contributed by atoms with van der Waals surface area (Å²) in [6.45, 7) is 7.50. The Morgan fingerprint density at radius 2 is 2.12 bits per heavy atom. The number of likely N-dealkylation sites (N-methyl/N-ethyl adjacent to an activating group) is 1. The van der Waals surface area contributed by atoms with Gasteiger partial charge in [-0.2, -0.15) is 0 Å². The summed E-state index contributed by atoms with van der Waals surface area (Å²) in [7, 11) is 0. The molecule has 0 spiro atoms. The van der Waals surface area contributed by atoms with E-state index in [0.29, 0.717) is 6.04 Å². The molecule has 2 atom stereocenters. The second-order valence-corrected chi connectivity index (χ2v) is 4.83. The third kappa shape index (κ3) is 2.63. The molecule has 0 amide bonds. The van der Waals surface area contributed by atoms with Gasteiger partial charge in [0.05, 0.1) is 6.04 Å². The van der Waals surface area contributed by atoms with Crippen LogP contribution in [0, 0.1) is 0 Å². The molecule has 94 valence electrons. The second kappa shape index (κ2) is 5.54. The summed E-state index contributed by atoms with van der Waals surface area (Å²) >= 11 is 0. The molecule has 0 aromatic heterocycles. The number of unbranched alkanes of at least 4 members (excludes halogenated alkanes) is 1. The average molecular weight is 233 g/mol. The highest BCUT2D eigenvalue weighted by Crippen LogP contribution is 2.37. The van der Waals surface area contributed by atoms with Gasteiger partial charge in [-0.15, -0.1) is 0 Å². The van der Waals surface area contributed by atoms with Crippen LogP contribution < -0.4 is 10.1 Å². The summed E-state index contributed by atoms with van der Waals surface area (Å²) in [6, 6.07) is 7.02. The molecular weight excluding hydrogens is 210 g/mol. The number of hydrogen-bond donors (Lipinski definition) is 1. The lowest BCUT2D eigenvalue weighted by Gasteiger charge is -2.15. The van der Waals surface area contributed by atoms with Crippen molar-refractivity contribution in [3.8, 4) is 5.75 Å². The molecule has 1 aliphatic rings. The van der Waals surface area contributed by atoms with Crippen LogP contribution in [0.25, 0.3) is 0 Å². The van der Waals surface area contributed by atoms with Crippen molar-refractivity contribution in [2.75, 3.05) is 6.54 Å². The van der Waals surface area contributed by atoms with E-state index in [1.807, 2.05) is 0 Å². The standard InChI is InChI=1S/C15H23NO/c1-4-6-7-12-8-9-14-13(10-12)15(16-5-2)11(3)17-14/h8-11,15-16H,4-7H2,1-3H3. The molecule has 0 fully saturated rings. The van der Waals surface area contributed by atoms with Crippen molar-refractivity contribution in [2.45, 2.75) is 52.2 Å². The van der Waals surface area contributed by atoms with Crippen molar-refractivity contribution in [3.05, 3.63) is 29.3 Å². The van der Waals surface area contributed by atoms with Crippen molar-refractivity contribution < 1.29 is 4.74 Å². The molecule has 17 heavy (non-hydrogen) atoms. The lowest BCUT2D eigenvalue weighted by Crippen LogP contribution is -2.28. The first-order valence-electron chi connectivity index (χ1n) is 6.79. The Balaban J connectivity index is 2.19. The maximum atomic E-state index is 5.87. The van der Waals surface area contributed by atoms with Gasteiger partial charge in [-0.3, -0.25) is 0 Å². The van der Waals surface area contributed by atoms with Gasteiger partial charge in [-0.25, -0.2) is 0 Å². The van der Waals surface area contributed by atoms with E-state index in [9.17, 15) is 0 Å². The fourth-order valence-corrected chi connectivity index (χ4v) is 2.50. The number of ether oxygens (including phenoxy) is 1. The molecule has 2 unspecified atom stereocenters. The quantitative estimate of drug-likeness (QED) is 0.841. The van der Waals surface area contributed by atoms with E-state index < -0.39 is 0 Å². The number of aryl methyl sites for hydroxylation is 1. The monoisotopic (exact) mass is 233 g/mol. The normalized spacial score (nSPS) is 22.3. The van der Waals surface area contributed by atoms with Crippen LogP contribution in [0.2, 0.25) is 0 Å². The molecule has 0 saturated carbocycles. The fourth-order valence-electron chi connectivity index (χ4n) is 2.50. The van der Waals surface area contributed by atoms with Gasteiger partial charge in [0.1, 0.15) is 11.9 Å². The van der Waals surface area contributed by atoms with Gasteiger partial charge in [0.15, 0.2) is 0 Å². The largest absolute Gasteiger partial charge is 0.488 e. The molecule has 0 radical (unpaired) electrons. The van der Waals surface area contributed by atoms with Gasteiger partial charge in [-0.05, 0) is 37.9 Å². The first-order valence-corrected chi connectivity index (χ1v) is 6.79. The number of nitrogens with one attached hydrogen (secondary N) is 1. The first kappa shape index (κ1) is 12.4.